The highest BCUT2D eigenvalue weighted by atomic mass is 16.5. The van der Waals surface area contributed by atoms with Crippen molar-refractivity contribution in [1.82, 2.24) is 15.5 Å². The molecular weight excluding hydrogens is 434 g/mol. The zero-order valence-electron chi connectivity index (χ0n) is 20.5. The van der Waals surface area contributed by atoms with Gasteiger partial charge < -0.3 is 25.4 Å². The van der Waals surface area contributed by atoms with Crippen LogP contribution in [0.2, 0.25) is 0 Å². The molecule has 1 spiro atoms. The third-order valence-corrected chi connectivity index (χ3v) is 7.82. The van der Waals surface area contributed by atoms with Crippen LogP contribution in [-0.4, -0.2) is 64.2 Å². The van der Waals surface area contributed by atoms with Crippen molar-refractivity contribution in [3.05, 3.63) is 35.9 Å². The molecule has 3 aliphatic rings. The summed E-state index contributed by atoms with van der Waals surface area (Å²) in [5, 5.41) is 16.4. The molecule has 34 heavy (non-hydrogen) atoms. The number of carbonyl (C=O) groups excluding carboxylic acids is 3. The van der Waals surface area contributed by atoms with Gasteiger partial charge in [-0.3, -0.25) is 14.4 Å². The van der Waals surface area contributed by atoms with Crippen molar-refractivity contribution in [3.63, 3.8) is 0 Å². The van der Waals surface area contributed by atoms with E-state index < -0.39 is 35.1 Å². The maximum atomic E-state index is 14.2. The van der Waals surface area contributed by atoms with E-state index in [2.05, 4.69) is 10.6 Å². The average Bonchev–Trinajstić information content (AvgIpc) is 3.42. The van der Waals surface area contributed by atoms with Crippen LogP contribution in [0.4, 0.5) is 0 Å². The van der Waals surface area contributed by atoms with Gasteiger partial charge in [0.25, 0.3) is 0 Å². The van der Waals surface area contributed by atoms with E-state index in [9.17, 15) is 19.5 Å². The minimum atomic E-state index is -1.09. The molecule has 3 aliphatic heterocycles. The molecule has 3 amide bonds. The number of nitrogens with one attached hydrogen (secondary N) is 2. The molecule has 3 N–H and O–H groups in total. The van der Waals surface area contributed by atoms with Crippen molar-refractivity contribution in [3.8, 4) is 0 Å². The highest BCUT2D eigenvalue weighted by molar-refractivity contribution is 5.99. The van der Waals surface area contributed by atoms with Gasteiger partial charge in [0.15, 0.2) is 0 Å². The lowest BCUT2D eigenvalue weighted by atomic mass is 9.65. The molecule has 2 bridgehead atoms. The van der Waals surface area contributed by atoms with Crippen LogP contribution in [0.25, 0.3) is 0 Å². The molecular formula is C26H37N3O5. The van der Waals surface area contributed by atoms with Crippen molar-refractivity contribution >= 4 is 17.7 Å². The van der Waals surface area contributed by atoms with E-state index in [1.807, 2.05) is 58.0 Å². The molecule has 8 heteroatoms. The standard InChI is InChI=1S/C26H37N3O5/c1-5-14-27-22(31)19-20-24(33)29(18(15-30)17-10-8-7-9-11-17)21(23(32)28-16(3)4)26(20)13-12-25(19,6-2)34-26/h7-11,16,18-21,30H,5-6,12-15H2,1-4H3,(H,27,31)(H,28,32)/t18-,19-,20+,21?,25+,26?/m1/s1. The van der Waals surface area contributed by atoms with Gasteiger partial charge in [-0.1, -0.05) is 44.2 Å². The van der Waals surface area contributed by atoms with E-state index >= 15 is 0 Å². The Labute approximate surface area is 201 Å². The Morgan fingerprint density at radius 1 is 1.18 bits per heavy atom. The Balaban J connectivity index is 1.83. The highest BCUT2D eigenvalue weighted by Gasteiger charge is 2.79. The van der Waals surface area contributed by atoms with E-state index in [4.69, 9.17) is 4.74 Å². The number of carbonyl (C=O) groups is 3. The maximum absolute atomic E-state index is 14.2. The van der Waals surface area contributed by atoms with Crippen LogP contribution in [0.1, 0.15) is 65.0 Å². The number of rotatable bonds is 9. The summed E-state index contributed by atoms with van der Waals surface area (Å²) in [4.78, 5) is 42.7. The number of hydrogen-bond acceptors (Lipinski definition) is 5. The summed E-state index contributed by atoms with van der Waals surface area (Å²) in [5.41, 5.74) is -1.12. The van der Waals surface area contributed by atoms with Crippen molar-refractivity contribution in [1.29, 1.82) is 0 Å². The topological polar surface area (TPSA) is 108 Å². The molecule has 3 fully saturated rings. The molecule has 1 aromatic rings. The third kappa shape index (κ3) is 3.62. The van der Waals surface area contributed by atoms with Crippen LogP contribution in [0, 0.1) is 11.8 Å². The van der Waals surface area contributed by atoms with E-state index in [1.165, 1.54) is 4.90 Å². The second-order valence-electron chi connectivity index (χ2n) is 10.1. The van der Waals surface area contributed by atoms with E-state index in [0.29, 0.717) is 25.8 Å². The zero-order chi connectivity index (χ0) is 24.7. The Morgan fingerprint density at radius 3 is 2.47 bits per heavy atom. The number of hydrogen-bond donors (Lipinski definition) is 3. The average molecular weight is 472 g/mol. The summed E-state index contributed by atoms with van der Waals surface area (Å²) in [7, 11) is 0. The summed E-state index contributed by atoms with van der Waals surface area (Å²) in [6, 6.07) is 7.46. The van der Waals surface area contributed by atoms with Gasteiger partial charge >= 0.3 is 0 Å². The Hall–Kier alpha value is -2.45. The summed E-state index contributed by atoms with van der Waals surface area (Å²) in [6.07, 6.45) is 2.51. The normalized spacial score (nSPS) is 32.7. The lowest BCUT2D eigenvalue weighted by Gasteiger charge is -2.37. The van der Waals surface area contributed by atoms with Crippen LogP contribution in [-0.2, 0) is 19.1 Å². The van der Waals surface area contributed by atoms with E-state index in [-0.39, 0.29) is 30.4 Å². The number of aliphatic hydroxyl groups excluding tert-OH is 1. The molecule has 3 heterocycles. The predicted octanol–water partition coefficient (Wildman–Crippen LogP) is 1.93. The fraction of sp³-hybridized carbons (Fsp3) is 0.654. The van der Waals surface area contributed by atoms with Crippen LogP contribution < -0.4 is 10.6 Å². The lowest BCUT2D eigenvalue weighted by Crippen LogP contribution is -2.57. The van der Waals surface area contributed by atoms with Crippen LogP contribution >= 0.6 is 0 Å². The molecule has 8 nitrogen and oxygen atoms in total. The van der Waals surface area contributed by atoms with Crippen molar-refractivity contribution in [2.75, 3.05) is 13.2 Å². The summed E-state index contributed by atoms with van der Waals surface area (Å²) in [5.74, 6) is -2.22. The van der Waals surface area contributed by atoms with Crippen molar-refractivity contribution in [2.24, 2.45) is 11.8 Å². The largest absolute Gasteiger partial charge is 0.394 e. The van der Waals surface area contributed by atoms with Gasteiger partial charge in [-0.05, 0) is 45.1 Å². The quantitative estimate of drug-likeness (QED) is 0.510. The Kier molecular flexibility index (Phi) is 6.75. The second-order valence-corrected chi connectivity index (χ2v) is 10.1. The number of fused-ring (bicyclic) bond motifs is 1. The van der Waals surface area contributed by atoms with Gasteiger partial charge in [0.2, 0.25) is 17.7 Å². The van der Waals surface area contributed by atoms with Crippen LogP contribution in [0.15, 0.2) is 30.3 Å². The zero-order valence-corrected chi connectivity index (χ0v) is 20.5. The fourth-order valence-electron chi connectivity index (χ4n) is 6.44. The SMILES string of the molecule is CCCNC(=O)[C@H]1[C@H]2C(=O)N([C@H](CO)c3ccccc3)C(C(=O)NC(C)C)C23CC[C@]1(CC)O3. The molecule has 0 aromatic heterocycles. The van der Waals surface area contributed by atoms with Crippen LogP contribution in [0.5, 0.6) is 0 Å². The number of ether oxygens (including phenoxy) is 1. The van der Waals surface area contributed by atoms with Gasteiger partial charge in [-0.25, -0.2) is 0 Å². The molecule has 0 aliphatic carbocycles. The van der Waals surface area contributed by atoms with Gasteiger partial charge in [0.05, 0.1) is 30.1 Å². The first kappa shape index (κ1) is 24.7. The highest BCUT2D eigenvalue weighted by Crippen LogP contribution is 2.65. The molecule has 6 atom stereocenters. The molecule has 1 aromatic carbocycles. The number of benzene rings is 1. The number of amides is 3. The van der Waals surface area contributed by atoms with Crippen LogP contribution in [0.3, 0.4) is 0 Å². The molecule has 2 unspecified atom stereocenters. The van der Waals surface area contributed by atoms with Gasteiger partial charge in [-0.15, -0.1) is 0 Å². The molecule has 0 saturated carbocycles. The monoisotopic (exact) mass is 471 g/mol. The first-order valence-corrected chi connectivity index (χ1v) is 12.5. The summed E-state index contributed by atoms with van der Waals surface area (Å²) < 4.78 is 6.72. The molecule has 3 saturated heterocycles. The predicted molar refractivity (Wildman–Crippen MR) is 127 cm³/mol. The molecule has 186 valence electrons. The van der Waals surface area contributed by atoms with Gasteiger partial charge in [0.1, 0.15) is 11.6 Å². The molecule has 4 rings (SSSR count). The minimum absolute atomic E-state index is 0.133. The van der Waals surface area contributed by atoms with Crippen molar-refractivity contribution < 1.29 is 24.2 Å². The number of aliphatic hydroxyl groups is 1. The first-order valence-electron chi connectivity index (χ1n) is 12.5. The maximum Gasteiger partial charge on any atom is 0.246 e. The smallest absolute Gasteiger partial charge is 0.246 e. The number of likely N-dealkylation sites (tertiary alicyclic amines) is 1. The third-order valence-electron chi connectivity index (χ3n) is 7.82. The Morgan fingerprint density at radius 2 is 1.88 bits per heavy atom. The number of nitrogens with zero attached hydrogens (tertiary/aromatic N) is 1. The summed E-state index contributed by atoms with van der Waals surface area (Å²) >= 11 is 0. The minimum Gasteiger partial charge on any atom is -0.394 e. The Bertz CT molecular complexity index is 938. The first-order chi connectivity index (χ1) is 16.3. The summed E-state index contributed by atoms with van der Waals surface area (Å²) in [6.45, 7) is 7.89. The van der Waals surface area contributed by atoms with E-state index in [1.54, 1.807) is 0 Å². The molecule has 0 radical (unpaired) electrons. The second kappa shape index (κ2) is 9.30. The fourth-order valence-corrected chi connectivity index (χ4v) is 6.44. The van der Waals surface area contributed by atoms with E-state index in [0.717, 1.165) is 12.0 Å². The van der Waals surface area contributed by atoms with Crippen molar-refractivity contribution in [2.45, 2.75) is 82.7 Å². The van der Waals surface area contributed by atoms with Gasteiger partial charge in [-0.2, -0.15) is 0 Å². The van der Waals surface area contributed by atoms with Gasteiger partial charge in [0, 0.05) is 12.6 Å². The lowest BCUT2D eigenvalue weighted by molar-refractivity contribution is -0.151.